The Hall–Kier alpha value is -0.830. The zero-order chi connectivity index (χ0) is 17.7. The highest BCUT2D eigenvalue weighted by atomic mass is 79.9. The van der Waals surface area contributed by atoms with Crippen LogP contribution in [0.4, 0.5) is 0 Å². The summed E-state index contributed by atoms with van der Waals surface area (Å²) in [6, 6.07) is 4.75. The van der Waals surface area contributed by atoms with Gasteiger partial charge < -0.3 is 4.74 Å². The van der Waals surface area contributed by atoms with Crippen molar-refractivity contribution in [2.75, 3.05) is 7.11 Å². The van der Waals surface area contributed by atoms with Gasteiger partial charge in [-0.05, 0) is 72.6 Å². The molecule has 2 nitrogen and oxygen atoms in total. The van der Waals surface area contributed by atoms with Gasteiger partial charge in [-0.1, -0.05) is 49.2 Å². The molecule has 0 radical (unpaired) electrons. The minimum Gasteiger partial charge on any atom is -0.469 e. The fourth-order valence-electron chi connectivity index (χ4n) is 5.43. The Morgan fingerprint density at radius 1 is 1.29 bits per heavy atom. The zero-order valence-corrected chi connectivity index (χ0v) is 17.1. The number of halogens is 1. The molecule has 3 rings (SSSR count). The second-order valence-corrected chi connectivity index (χ2v) is 9.31. The van der Waals surface area contributed by atoms with E-state index in [0.717, 1.165) is 32.1 Å². The van der Waals surface area contributed by atoms with E-state index in [9.17, 15) is 4.79 Å². The van der Waals surface area contributed by atoms with Gasteiger partial charge in [-0.3, -0.25) is 4.79 Å². The smallest absolute Gasteiger partial charge is 0.311 e. The second-order valence-electron chi connectivity index (χ2n) is 8.46. The molecule has 0 saturated heterocycles. The SMILES string of the molecule is COC(=O)[C@@]1(C)CCC[C@]2(C)c3cc(Br)c(C(C)C)cc3CC[C@@H]12. The lowest BCUT2D eigenvalue weighted by atomic mass is 9.49. The lowest BCUT2D eigenvalue weighted by Crippen LogP contribution is -2.52. The molecular weight excluding hydrogens is 364 g/mol. The van der Waals surface area contributed by atoms with E-state index in [4.69, 9.17) is 4.74 Å². The number of ether oxygens (including phenoxy) is 1. The second kappa shape index (κ2) is 6.16. The molecule has 1 saturated carbocycles. The maximum Gasteiger partial charge on any atom is 0.311 e. The van der Waals surface area contributed by atoms with Crippen LogP contribution in [-0.4, -0.2) is 13.1 Å². The molecule has 0 aliphatic heterocycles. The zero-order valence-electron chi connectivity index (χ0n) is 15.5. The van der Waals surface area contributed by atoms with Crippen molar-refractivity contribution < 1.29 is 9.53 Å². The average Bonchev–Trinajstić information content (AvgIpc) is 2.53. The van der Waals surface area contributed by atoms with Gasteiger partial charge in [-0.25, -0.2) is 0 Å². The first-order valence-electron chi connectivity index (χ1n) is 9.15. The molecule has 0 spiro atoms. The maximum absolute atomic E-state index is 12.6. The van der Waals surface area contributed by atoms with E-state index in [1.165, 1.54) is 28.3 Å². The number of carbonyl (C=O) groups is 1. The van der Waals surface area contributed by atoms with Crippen LogP contribution >= 0.6 is 15.9 Å². The summed E-state index contributed by atoms with van der Waals surface area (Å²) in [6.07, 6.45) is 5.33. The molecule has 3 heteroatoms. The Morgan fingerprint density at radius 2 is 2.00 bits per heavy atom. The largest absolute Gasteiger partial charge is 0.469 e. The van der Waals surface area contributed by atoms with Gasteiger partial charge in [0.25, 0.3) is 0 Å². The number of hydrogen-bond acceptors (Lipinski definition) is 2. The van der Waals surface area contributed by atoms with Crippen LogP contribution in [0, 0.1) is 11.3 Å². The summed E-state index contributed by atoms with van der Waals surface area (Å²) in [5, 5.41) is 0. The lowest BCUT2D eigenvalue weighted by Gasteiger charge is -2.54. The molecule has 24 heavy (non-hydrogen) atoms. The molecular formula is C21H29BrO2. The standard InChI is InChI=1S/C21H29BrO2/c1-13(2)15-11-14-7-8-18-20(3,16(14)12-17(15)22)9-6-10-21(18,4)19(23)24-5/h11-13,18H,6-10H2,1-5H3/t18-,20-,21+/m1/s1. The highest BCUT2D eigenvalue weighted by Crippen LogP contribution is 2.58. The predicted octanol–water partition coefficient (Wildman–Crippen LogP) is 5.76. The molecule has 0 aromatic heterocycles. The molecule has 1 fully saturated rings. The van der Waals surface area contributed by atoms with Crippen molar-refractivity contribution in [1.29, 1.82) is 0 Å². The van der Waals surface area contributed by atoms with Crippen LogP contribution in [0.1, 0.15) is 76.0 Å². The number of aryl methyl sites for hydroxylation is 1. The highest BCUT2D eigenvalue weighted by molar-refractivity contribution is 9.10. The summed E-state index contributed by atoms with van der Waals surface area (Å²) in [6.45, 7) is 8.99. The van der Waals surface area contributed by atoms with Crippen LogP contribution in [0.5, 0.6) is 0 Å². The fourth-order valence-corrected chi connectivity index (χ4v) is 6.23. The van der Waals surface area contributed by atoms with E-state index >= 15 is 0 Å². The highest BCUT2D eigenvalue weighted by Gasteiger charge is 2.55. The van der Waals surface area contributed by atoms with Crippen molar-refractivity contribution in [3.63, 3.8) is 0 Å². The third-order valence-electron chi connectivity index (χ3n) is 6.74. The molecule has 2 aliphatic rings. The van der Waals surface area contributed by atoms with E-state index in [-0.39, 0.29) is 16.8 Å². The molecule has 0 unspecified atom stereocenters. The molecule has 0 bridgehead atoms. The van der Waals surface area contributed by atoms with Crippen LogP contribution in [-0.2, 0) is 21.4 Å². The van der Waals surface area contributed by atoms with E-state index in [1.807, 2.05) is 0 Å². The normalized spacial score (nSPS) is 32.2. The van der Waals surface area contributed by atoms with E-state index in [0.29, 0.717) is 11.8 Å². The van der Waals surface area contributed by atoms with Gasteiger partial charge in [0.2, 0.25) is 0 Å². The minimum atomic E-state index is -0.358. The number of carbonyl (C=O) groups excluding carboxylic acids is 1. The molecule has 0 heterocycles. The van der Waals surface area contributed by atoms with Crippen LogP contribution in [0.25, 0.3) is 0 Å². The molecule has 0 amide bonds. The summed E-state index contributed by atoms with van der Waals surface area (Å²) in [7, 11) is 1.53. The van der Waals surface area contributed by atoms with Gasteiger partial charge in [0.15, 0.2) is 0 Å². The van der Waals surface area contributed by atoms with Gasteiger partial charge in [0.1, 0.15) is 0 Å². The number of benzene rings is 1. The first-order chi connectivity index (χ1) is 11.2. The van der Waals surface area contributed by atoms with E-state index < -0.39 is 0 Å². The number of esters is 1. The molecule has 1 aromatic carbocycles. The van der Waals surface area contributed by atoms with Crippen LogP contribution in [0.2, 0.25) is 0 Å². The number of fused-ring (bicyclic) bond motifs is 3. The third kappa shape index (κ3) is 2.55. The molecule has 3 atom stereocenters. The number of methoxy groups -OCH3 is 1. The van der Waals surface area contributed by atoms with Gasteiger partial charge in [-0.2, -0.15) is 0 Å². The monoisotopic (exact) mass is 392 g/mol. The Morgan fingerprint density at radius 3 is 2.62 bits per heavy atom. The molecule has 132 valence electrons. The predicted molar refractivity (Wildman–Crippen MR) is 101 cm³/mol. The summed E-state index contributed by atoms with van der Waals surface area (Å²) >= 11 is 3.80. The Balaban J connectivity index is 2.11. The van der Waals surface area contributed by atoms with Crippen molar-refractivity contribution >= 4 is 21.9 Å². The fraction of sp³-hybridized carbons (Fsp3) is 0.667. The van der Waals surface area contributed by atoms with Crippen LogP contribution in [0.3, 0.4) is 0 Å². The Kier molecular flexibility index (Phi) is 4.61. The Labute approximate surface area is 154 Å². The summed E-state index contributed by atoms with van der Waals surface area (Å²) in [5.74, 6) is 0.845. The molecule has 1 aromatic rings. The summed E-state index contributed by atoms with van der Waals surface area (Å²) in [5.41, 5.74) is 4.03. The van der Waals surface area contributed by atoms with Crippen molar-refractivity contribution in [2.45, 2.75) is 71.1 Å². The summed E-state index contributed by atoms with van der Waals surface area (Å²) < 4.78 is 6.41. The van der Waals surface area contributed by atoms with Crippen LogP contribution < -0.4 is 0 Å². The first kappa shape index (κ1) is 18.0. The van der Waals surface area contributed by atoms with Gasteiger partial charge in [-0.15, -0.1) is 0 Å². The summed E-state index contributed by atoms with van der Waals surface area (Å²) in [4.78, 5) is 12.6. The van der Waals surface area contributed by atoms with Crippen LogP contribution in [0.15, 0.2) is 16.6 Å². The number of rotatable bonds is 2. The number of hydrogen-bond donors (Lipinski definition) is 0. The minimum absolute atomic E-state index is 0.0280. The van der Waals surface area contributed by atoms with Crippen molar-refractivity contribution in [1.82, 2.24) is 0 Å². The third-order valence-corrected chi connectivity index (χ3v) is 7.43. The van der Waals surface area contributed by atoms with Gasteiger partial charge in [0, 0.05) is 4.47 Å². The lowest BCUT2D eigenvalue weighted by molar-refractivity contribution is -0.161. The maximum atomic E-state index is 12.6. The van der Waals surface area contributed by atoms with Crippen molar-refractivity contribution in [3.8, 4) is 0 Å². The van der Waals surface area contributed by atoms with E-state index in [2.05, 4.69) is 55.8 Å². The van der Waals surface area contributed by atoms with Gasteiger partial charge >= 0.3 is 5.97 Å². The molecule has 0 N–H and O–H groups in total. The van der Waals surface area contributed by atoms with Gasteiger partial charge in [0.05, 0.1) is 12.5 Å². The van der Waals surface area contributed by atoms with E-state index in [1.54, 1.807) is 0 Å². The first-order valence-corrected chi connectivity index (χ1v) is 9.94. The Bertz CT molecular complexity index is 666. The van der Waals surface area contributed by atoms with Crippen molar-refractivity contribution in [2.24, 2.45) is 11.3 Å². The average molecular weight is 393 g/mol. The van der Waals surface area contributed by atoms with Crippen molar-refractivity contribution in [3.05, 3.63) is 33.3 Å². The topological polar surface area (TPSA) is 26.3 Å². The molecule has 2 aliphatic carbocycles. The quantitative estimate of drug-likeness (QED) is 0.598.